The molecule has 6 nitrogen and oxygen atoms in total. The summed E-state index contributed by atoms with van der Waals surface area (Å²) in [5.74, 6) is -1.42. The average molecular weight is 282 g/mol. The first-order valence-electron chi connectivity index (χ1n) is 6.17. The maximum Gasteiger partial charge on any atom is 0.516 e. The molecule has 1 aromatic carbocycles. The largest absolute Gasteiger partial charge is 0.516 e. The molecule has 6 heteroatoms. The lowest BCUT2D eigenvalue weighted by Crippen LogP contribution is -2.13. The first-order valence-corrected chi connectivity index (χ1v) is 6.17. The molecule has 0 spiro atoms. The second kappa shape index (κ2) is 10.5. The van der Waals surface area contributed by atoms with Gasteiger partial charge in [0, 0.05) is 6.42 Å². The van der Waals surface area contributed by atoms with Crippen molar-refractivity contribution in [3.05, 3.63) is 35.9 Å². The number of carboxylic acids is 1. The van der Waals surface area contributed by atoms with Crippen LogP contribution in [0.1, 0.15) is 37.0 Å². The minimum absolute atomic E-state index is 0.181. The second-order valence-electron chi connectivity index (χ2n) is 3.58. The molecule has 0 saturated heterocycles. The van der Waals surface area contributed by atoms with Gasteiger partial charge in [0.05, 0.1) is 12.2 Å². The number of esters is 1. The van der Waals surface area contributed by atoms with Gasteiger partial charge in [0.15, 0.2) is 0 Å². The van der Waals surface area contributed by atoms with Gasteiger partial charge in [-0.25, -0.2) is 9.59 Å². The van der Waals surface area contributed by atoms with Crippen LogP contribution >= 0.6 is 0 Å². The average Bonchev–Trinajstić information content (AvgIpc) is 2.40. The summed E-state index contributed by atoms with van der Waals surface area (Å²) >= 11 is 0. The number of ether oxygens (including phenoxy) is 2. The number of rotatable bonds is 4. The van der Waals surface area contributed by atoms with Crippen molar-refractivity contribution in [3.63, 3.8) is 0 Å². The molecule has 0 aliphatic rings. The molecule has 0 amide bonds. The van der Waals surface area contributed by atoms with Crippen molar-refractivity contribution in [2.45, 2.75) is 26.7 Å². The van der Waals surface area contributed by atoms with Crippen LogP contribution in [0, 0.1) is 0 Å². The van der Waals surface area contributed by atoms with Gasteiger partial charge in [0.25, 0.3) is 0 Å². The summed E-state index contributed by atoms with van der Waals surface area (Å²) in [6.45, 7) is 3.66. The van der Waals surface area contributed by atoms with Gasteiger partial charge in [-0.15, -0.1) is 0 Å². The van der Waals surface area contributed by atoms with Crippen molar-refractivity contribution < 1.29 is 29.0 Å². The fourth-order valence-electron chi connectivity index (χ4n) is 1.07. The molecule has 0 radical (unpaired) electrons. The highest BCUT2D eigenvalue weighted by Crippen LogP contribution is 2.01. The van der Waals surface area contributed by atoms with Crippen LogP contribution in [-0.2, 0) is 14.3 Å². The number of carbonyl (C=O) groups is 3. The monoisotopic (exact) mass is 282 g/mol. The Kier molecular flexibility index (Phi) is 9.29. The molecule has 1 rings (SSSR count). The fraction of sp³-hybridized carbons (Fsp3) is 0.357. The SMILES string of the molecule is CCCC(=O)O.CCOC(=O)OC(=O)c1ccccc1. The van der Waals surface area contributed by atoms with E-state index in [4.69, 9.17) is 5.11 Å². The van der Waals surface area contributed by atoms with Crippen LogP contribution in [0.25, 0.3) is 0 Å². The van der Waals surface area contributed by atoms with Gasteiger partial charge < -0.3 is 14.6 Å². The van der Waals surface area contributed by atoms with E-state index >= 15 is 0 Å². The van der Waals surface area contributed by atoms with Gasteiger partial charge in [-0.1, -0.05) is 25.1 Å². The molecule has 0 atom stereocenters. The van der Waals surface area contributed by atoms with Crippen molar-refractivity contribution in [2.24, 2.45) is 0 Å². The van der Waals surface area contributed by atoms with Crippen LogP contribution < -0.4 is 0 Å². The van der Waals surface area contributed by atoms with E-state index in [0.717, 1.165) is 6.42 Å². The first kappa shape index (κ1) is 17.6. The van der Waals surface area contributed by atoms with E-state index in [1.54, 1.807) is 37.3 Å². The zero-order valence-electron chi connectivity index (χ0n) is 11.5. The number of aliphatic carboxylic acids is 1. The third-order valence-corrected chi connectivity index (χ3v) is 1.91. The molecule has 0 aromatic heterocycles. The molecule has 0 fully saturated rings. The van der Waals surface area contributed by atoms with Crippen molar-refractivity contribution >= 4 is 18.1 Å². The van der Waals surface area contributed by atoms with Gasteiger partial charge in [-0.05, 0) is 25.5 Å². The lowest BCUT2D eigenvalue weighted by atomic mass is 10.2. The maximum absolute atomic E-state index is 11.2. The Morgan fingerprint density at radius 2 is 1.70 bits per heavy atom. The van der Waals surface area contributed by atoms with Gasteiger partial charge in [0.2, 0.25) is 0 Å². The Morgan fingerprint density at radius 3 is 2.10 bits per heavy atom. The summed E-state index contributed by atoms with van der Waals surface area (Å²) in [5.41, 5.74) is 0.320. The number of carboxylic acid groups (broad SMARTS) is 1. The molecule has 0 bridgehead atoms. The van der Waals surface area contributed by atoms with E-state index in [2.05, 4.69) is 9.47 Å². The molecular weight excluding hydrogens is 264 g/mol. The summed E-state index contributed by atoms with van der Waals surface area (Å²) in [7, 11) is 0. The van der Waals surface area contributed by atoms with Crippen LogP contribution in [0.2, 0.25) is 0 Å². The van der Waals surface area contributed by atoms with E-state index in [1.165, 1.54) is 0 Å². The first-order chi connectivity index (χ1) is 9.51. The molecular formula is C14H18O6. The highest BCUT2D eigenvalue weighted by molar-refractivity contribution is 5.95. The number of hydrogen-bond donors (Lipinski definition) is 1. The molecule has 20 heavy (non-hydrogen) atoms. The molecule has 0 aliphatic heterocycles. The Bertz CT molecular complexity index is 427. The van der Waals surface area contributed by atoms with Gasteiger partial charge >= 0.3 is 18.1 Å². The van der Waals surface area contributed by atoms with Gasteiger partial charge in [-0.2, -0.15) is 0 Å². The third kappa shape index (κ3) is 8.68. The Labute approximate surface area is 117 Å². The van der Waals surface area contributed by atoms with Crippen molar-refractivity contribution in [3.8, 4) is 0 Å². The predicted molar refractivity (Wildman–Crippen MR) is 71.4 cm³/mol. The minimum Gasteiger partial charge on any atom is -0.481 e. The summed E-state index contributed by atoms with van der Waals surface area (Å²) in [5, 5.41) is 7.91. The molecule has 1 N–H and O–H groups in total. The van der Waals surface area contributed by atoms with Crippen LogP contribution in [0.4, 0.5) is 4.79 Å². The Balaban J connectivity index is 0.000000511. The minimum atomic E-state index is -0.971. The van der Waals surface area contributed by atoms with Gasteiger partial charge in [0.1, 0.15) is 0 Å². The third-order valence-electron chi connectivity index (χ3n) is 1.91. The van der Waals surface area contributed by atoms with Crippen LogP contribution in [0.15, 0.2) is 30.3 Å². The maximum atomic E-state index is 11.2. The lowest BCUT2D eigenvalue weighted by Gasteiger charge is -2.01. The summed E-state index contributed by atoms with van der Waals surface area (Å²) in [4.78, 5) is 31.6. The molecule has 0 saturated carbocycles. The second-order valence-corrected chi connectivity index (χ2v) is 3.58. The topological polar surface area (TPSA) is 89.9 Å². The van der Waals surface area contributed by atoms with Crippen LogP contribution in [0.5, 0.6) is 0 Å². The molecule has 0 aliphatic carbocycles. The van der Waals surface area contributed by atoms with Crippen molar-refractivity contribution in [2.75, 3.05) is 6.61 Å². The molecule has 1 aromatic rings. The normalized spacial score (nSPS) is 8.90. The number of hydrogen-bond acceptors (Lipinski definition) is 5. The van der Waals surface area contributed by atoms with E-state index < -0.39 is 18.1 Å². The number of carbonyl (C=O) groups excluding carboxylic acids is 2. The number of benzene rings is 1. The lowest BCUT2D eigenvalue weighted by molar-refractivity contribution is -0.137. The zero-order valence-corrected chi connectivity index (χ0v) is 11.5. The van der Waals surface area contributed by atoms with E-state index in [0.29, 0.717) is 12.0 Å². The van der Waals surface area contributed by atoms with E-state index in [1.807, 2.05) is 6.92 Å². The quantitative estimate of drug-likeness (QED) is 0.674. The highest BCUT2D eigenvalue weighted by Gasteiger charge is 2.12. The molecule has 0 unspecified atom stereocenters. The van der Waals surface area contributed by atoms with Crippen molar-refractivity contribution in [1.29, 1.82) is 0 Å². The van der Waals surface area contributed by atoms with Crippen LogP contribution in [0.3, 0.4) is 0 Å². The van der Waals surface area contributed by atoms with Crippen LogP contribution in [-0.4, -0.2) is 29.8 Å². The smallest absolute Gasteiger partial charge is 0.481 e. The Morgan fingerprint density at radius 1 is 1.10 bits per heavy atom. The zero-order chi connectivity index (χ0) is 15.4. The summed E-state index contributed by atoms with van der Waals surface area (Å²) < 4.78 is 8.83. The van der Waals surface area contributed by atoms with Gasteiger partial charge in [-0.3, -0.25) is 4.79 Å². The fourth-order valence-corrected chi connectivity index (χ4v) is 1.07. The van der Waals surface area contributed by atoms with Crippen molar-refractivity contribution in [1.82, 2.24) is 0 Å². The summed E-state index contributed by atoms with van der Waals surface area (Å²) in [6.07, 6.45) is 0.0522. The Hall–Kier alpha value is -2.37. The van der Waals surface area contributed by atoms with E-state index in [9.17, 15) is 14.4 Å². The highest BCUT2D eigenvalue weighted by atomic mass is 16.7. The predicted octanol–water partition coefficient (Wildman–Crippen LogP) is 2.87. The summed E-state index contributed by atoms with van der Waals surface area (Å²) in [6, 6.07) is 8.24. The standard InChI is InChI=1S/C10H10O4.C4H8O2/c1-2-13-10(12)14-9(11)8-6-4-3-5-7-8;1-2-3-4(5)6/h3-7H,2H2,1H3;2-3H2,1H3,(H,5,6). The van der Waals surface area contributed by atoms with E-state index in [-0.39, 0.29) is 6.61 Å². The molecule has 110 valence electrons. The molecule has 0 heterocycles.